The van der Waals surface area contributed by atoms with Crippen LogP contribution in [0.4, 0.5) is 18.9 Å². The normalized spacial score (nSPS) is 20.3. The highest BCUT2D eigenvalue weighted by molar-refractivity contribution is 7.99. The Balaban J connectivity index is 1.93. The van der Waals surface area contributed by atoms with Crippen LogP contribution in [0.1, 0.15) is 6.42 Å². The number of benzene rings is 1. The van der Waals surface area contributed by atoms with Crippen LogP contribution >= 0.6 is 11.8 Å². The zero-order chi connectivity index (χ0) is 12.3. The van der Waals surface area contributed by atoms with Crippen molar-refractivity contribution < 1.29 is 17.9 Å². The Morgan fingerprint density at radius 3 is 2.47 bits per heavy atom. The maximum absolute atomic E-state index is 11.9. The first-order valence-electron chi connectivity index (χ1n) is 5.23. The van der Waals surface area contributed by atoms with E-state index >= 15 is 0 Å². The Morgan fingerprint density at radius 1 is 1.24 bits per heavy atom. The molecule has 1 fully saturated rings. The zero-order valence-electron chi connectivity index (χ0n) is 8.96. The van der Waals surface area contributed by atoms with Crippen LogP contribution in [-0.4, -0.2) is 23.9 Å². The third-order valence-electron chi connectivity index (χ3n) is 2.39. The molecule has 1 aromatic carbocycles. The lowest BCUT2D eigenvalue weighted by Gasteiger charge is -2.14. The molecule has 0 radical (unpaired) electrons. The van der Waals surface area contributed by atoms with Crippen LogP contribution in [0.5, 0.6) is 5.75 Å². The van der Waals surface area contributed by atoms with E-state index in [1.807, 2.05) is 11.8 Å². The maximum Gasteiger partial charge on any atom is 0.573 e. The Hall–Kier alpha value is -1.04. The van der Waals surface area contributed by atoms with Crippen LogP contribution in [0.2, 0.25) is 0 Å². The fourth-order valence-corrected chi connectivity index (χ4v) is 2.79. The van der Waals surface area contributed by atoms with Crippen LogP contribution in [0.25, 0.3) is 0 Å². The van der Waals surface area contributed by atoms with Crippen LogP contribution in [-0.2, 0) is 0 Å². The molecule has 0 aliphatic carbocycles. The molecule has 0 amide bonds. The predicted molar refractivity (Wildman–Crippen MR) is 62.5 cm³/mol. The van der Waals surface area contributed by atoms with Gasteiger partial charge in [-0.2, -0.15) is 11.8 Å². The third kappa shape index (κ3) is 4.03. The lowest BCUT2D eigenvalue weighted by atomic mass is 10.2. The molecule has 1 aliphatic rings. The van der Waals surface area contributed by atoms with Crippen LogP contribution < -0.4 is 10.1 Å². The number of thioether (sulfide) groups is 1. The molecule has 1 saturated heterocycles. The second-order valence-electron chi connectivity index (χ2n) is 3.78. The highest BCUT2D eigenvalue weighted by atomic mass is 32.2. The molecular weight excluding hydrogens is 251 g/mol. The average Bonchev–Trinajstić information content (AvgIpc) is 2.71. The highest BCUT2D eigenvalue weighted by Crippen LogP contribution is 2.25. The van der Waals surface area contributed by atoms with E-state index in [-0.39, 0.29) is 5.75 Å². The Morgan fingerprint density at radius 2 is 1.94 bits per heavy atom. The minimum Gasteiger partial charge on any atom is -0.406 e. The number of rotatable bonds is 3. The molecule has 0 spiro atoms. The smallest absolute Gasteiger partial charge is 0.406 e. The second kappa shape index (κ2) is 5.08. The van der Waals surface area contributed by atoms with Gasteiger partial charge in [-0.25, -0.2) is 0 Å². The van der Waals surface area contributed by atoms with Crippen LogP contribution in [0.15, 0.2) is 24.3 Å². The molecule has 2 nitrogen and oxygen atoms in total. The summed E-state index contributed by atoms with van der Waals surface area (Å²) in [6, 6.07) is 6.25. The molecule has 0 bridgehead atoms. The summed E-state index contributed by atoms with van der Waals surface area (Å²) in [5.74, 6) is 1.98. The van der Waals surface area contributed by atoms with Crippen molar-refractivity contribution >= 4 is 17.4 Å². The summed E-state index contributed by atoms with van der Waals surface area (Å²) in [6.45, 7) is 0. The first-order chi connectivity index (χ1) is 8.03. The second-order valence-corrected chi connectivity index (χ2v) is 4.93. The molecule has 94 valence electrons. The lowest BCUT2D eigenvalue weighted by molar-refractivity contribution is -0.274. The fourth-order valence-electron chi connectivity index (χ4n) is 1.64. The van der Waals surface area contributed by atoms with Crippen molar-refractivity contribution in [3.05, 3.63) is 24.3 Å². The zero-order valence-corrected chi connectivity index (χ0v) is 9.77. The summed E-state index contributed by atoms with van der Waals surface area (Å²) in [4.78, 5) is 0. The number of nitrogens with one attached hydrogen (secondary N) is 1. The van der Waals surface area contributed by atoms with Crippen molar-refractivity contribution in [1.82, 2.24) is 0 Å². The van der Waals surface area contributed by atoms with Gasteiger partial charge in [0.15, 0.2) is 0 Å². The Labute approximate surface area is 102 Å². The Bertz CT molecular complexity index is 360. The van der Waals surface area contributed by atoms with E-state index < -0.39 is 6.36 Å². The molecule has 0 saturated carbocycles. The van der Waals surface area contributed by atoms with E-state index in [2.05, 4.69) is 10.1 Å². The molecule has 1 unspecified atom stereocenters. The molecule has 6 heteroatoms. The van der Waals surface area contributed by atoms with Gasteiger partial charge in [-0.15, -0.1) is 13.2 Å². The maximum atomic E-state index is 11.9. The molecule has 1 N–H and O–H groups in total. The molecular formula is C11H12F3NOS. The van der Waals surface area contributed by atoms with Crippen molar-refractivity contribution in [3.8, 4) is 5.75 Å². The Kier molecular flexibility index (Phi) is 3.71. The standard InChI is InChI=1S/C11H12F3NOS/c12-11(13,14)16-10-3-1-8(2-4-10)15-9-5-6-17-7-9/h1-4,9,15H,5-7H2. The van der Waals surface area contributed by atoms with Gasteiger partial charge in [-0.1, -0.05) is 0 Å². The van der Waals surface area contributed by atoms with E-state index in [0.717, 1.165) is 23.6 Å². The summed E-state index contributed by atoms with van der Waals surface area (Å²) in [5, 5.41) is 3.27. The topological polar surface area (TPSA) is 21.3 Å². The highest BCUT2D eigenvalue weighted by Gasteiger charge is 2.30. The van der Waals surface area contributed by atoms with Crippen molar-refractivity contribution in [2.75, 3.05) is 16.8 Å². The summed E-state index contributed by atoms with van der Waals surface area (Å²) in [6.07, 6.45) is -3.54. The molecule has 2 rings (SSSR count). The fraction of sp³-hybridized carbons (Fsp3) is 0.455. The number of ether oxygens (including phenoxy) is 1. The monoisotopic (exact) mass is 263 g/mol. The van der Waals surface area contributed by atoms with Gasteiger partial charge in [0.25, 0.3) is 0 Å². The van der Waals surface area contributed by atoms with Gasteiger partial charge in [0.2, 0.25) is 0 Å². The first-order valence-corrected chi connectivity index (χ1v) is 6.38. The van der Waals surface area contributed by atoms with Gasteiger partial charge in [-0.3, -0.25) is 0 Å². The van der Waals surface area contributed by atoms with Gasteiger partial charge in [0.05, 0.1) is 0 Å². The van der Waals surface area contributed by atoms with Gasteiger partial charge < -0.3 is 10.1 Å². The largest absolute Gasteiger partial charge is 0.573 e. The molecule has 1 aliphatic heterocycles. The van der Waals surface area contributed by atoms with Crippen molar-refractivity contribution in [1.29, 1.82) is 0 Å². The summed E-state index contributed by atoms with van der Waals surface area (Å²) in [7, 11) is 0. The van der Waals surface area contributed by atoms with Crippen molar-refractivity contribution in [2.45, 2.75) is 18.8 Å². The van der Waals surface area contributed by atoms with Gasteiger partial charge in [-0.05, 0) is 36.4 Å². The van der Waals surface area contributed by atoms with Gasteiger partial charge >= 0.3 is 6.36 Å². The number of halogens is 3. The summed E-state index contributed by atoms with van der Waals surface area (Å²) < 4.78 is 39.6. The van der Waals surface area contributed by atoms with E-state index in [1.165, 1.54) is 12.1 Å². The van der Waals surface area contributed by atoms with Gasteiger partial charge in [0, 0.05) is 17.5 Å². The predicted octanol–water partition coefficient (Wildman–Crippen LogP) is 3.50. The average molecular weight is 263 g/mol. The number of alkyl halides is 3. The lowest BCUT2D eigenvalue weighted by Crippen LogP contribution is -2.18. The minimum absolute atomic E-state index is 0.191. The van der Waals surface area contributed by atoms with Crippen LogP contribution in [0, 0.1) is 0 Å². The summed E-state index contributed by atoms with van der Waals surface area (Å²) in [5.41, 5.74) is 0.826. The number of hydrogen-bond acceptors (Lipinski definition) is 3. The SMILES string of the molecule is FC(F)(F)Oc1ccc(NC2CCSC2)cc1. The molecule has 17 heavy (non-hydrogen) atoms. The van der Waals surface area contributed by atoms with Crippen LogP contribution in [0.3, 0.4) is 0 Å². The molecule has 1 atom stereocenters. The third-order valence-corrected chi connectivity index (χ3v) is 3.55. The van der Waals surface area contributed by atoms with Crippen molar-refractivity contribution in [3.63, 3.8) is 0 Å². The van der Waals surface area contributed by atoms with Crippen molar-refractivity contribution in [2.24, 2.45) is 0 Å². The number of hydrogen-bond donors (Lipinski definition) is 1. The molecule has 1 heterocycles. The first kappa shape index (κ1) is 12.4. The van der Waals surface area contributed by atoms with E-state index in [4.69, 9.17) is 0 Å². The summed E-state index contributed by atoms with van der Waals surface area (Å²) >= 11 is 1.88. The van der Waals surface area contributed by atoms with Gasteiger partial charge in [0.1, 0.15) is 5.75 Å². The van der Waals surface area contributed by atoms with E-state index in [9.17, 15) is 13.2 Å². The minimum atomic E-state index is -4.63. The molecule has 1 aromatic rings. The van der Waals surface area contributed by atoms with E-state index in [1.54, 1.807) is 12.1 Å². The molecule has 0 aromatic heterocycles. The quantitative estimate of drug-likeness (QED) is 0.901. The van der Waals surface area contributed by atoms with E-state index in [0.29, 0.717) is 6.04 Å². The number of anilines is 1.